The number of likely N-dealkylation sites (N-methyl/N-ethyl adjacent to an activating group) is 1. The molecule has 0 aromatic heterocycles. The van der Waals surface area contributed by atoms with Gasteiger partial charge < -0.3 is 25.2 Å². The predicted octanol–water partition coefficient (Wildman–Crippen LogP) is 2.06. The van der Waals surface area contributed by atoms with Crippen molar-refractivity contribution in [1.82, 2.24) is 15.5 Å². The molecule has 0 spiro atoms. The Bertz CT molecular complexity index is 627. The van der Waals surface area contributed by atoms with Crippen molar-refractivity contribution in [3.63, 3.8) is 0 Å². The second kappa shape index (κ2) is 9.90. The van der Waals surface area contributed by atoms with Crippen molar-refractivity contribution in [2.45, 2.75) is 32.9 Å². The van der Waals surface area contributed by atoms with Crippen molar-refractivity contribution >= 4 is 11.6 Å². The molecule has 1 aromatic rings. The first-order valence-electron chi connectivity index (χ1n) is 9.64. The van der Waals surface area contributed by atoms with Crippen molar-refractivity contribution in [2.75, 3.05) is 58.3 Å². The molecule has 27 heavy (non-hydrogen) atoms. The number of nitrogens with one attached hydrogen (secondary N) is 2. The van der Waals surface area contributed by atoms with Crippen LogP contribution in [0.25, 0.3) is 0 Å². The van der Waals surface area contributed by atoms with Crippen LogP contribution in [-0.4, -0.2) is 69.9 Å². The molecule has 2 rings (SSSR count). The average Bonchev–Trinajstić information content (AvgIpc) is 2.68. The van der Waals surface area contributed by atoms with Gasteiger partial charge in [-0.25, -0.2) is 4.39 Å². The minimum Gasteiger partial charge on any atom is -0.377 e. The molecule has 0 amide bonds. The molecule has 0 unspecified atom stereocenters. The standard InChI is InChI=1S/C20H34FN5O/c1-6-25-9-11-26(12-10-25)18-8-7-16(13-17(18)21)14-23-19(22-4)24-15-20(2,3)27-5/h7-8,13H,6,9-12,14-15H2,1-5H3,(H2,22,23,24). The van der Waals surface area contributed by atoms with Crippen LogP contribution in [0.5, 0.6) is 0 Å². The highest BCUT2D eigenvalue weighted by atomic mass is 19.1. The minimum absolute atomic E-state index is 0.164. The van der Waals surface area contributed by atoms with E-state index in [1.165, 1.54) is 0 Å². The summed E-state index contributed by atoms with van der Waals surface area (Å²) in [6.45, 7) is 12.1. The first-order chi connectivity index (χ1) is 12.9. The van der Waals surface area contributed by atoms with E-state index >= 15 is 0 Å². The molecule has 0 radical (unpaired) electrons. The predicted molar refractivity (Wildman–Crippen MR) is 110 cm³/mol. The number of rotatable bonds is 7. The van der Waals surface area contributed by atoms with Gasteiger partial charge >= 0.3 is 0 Å². The molecule has 1 aliphatic rings. The van der Waals surface area contributed by atoms with E-state index in [0.29, 0.717) is 24.7 Å². The number of nitrogens with zero attached hydrogens (tertiary/aromatic N) is 3. The molecule has 0 saturated carbocycles. The maximum absolute atomic E-state index is 14.6. The molecule has 1 aromatic carbocycles. The Labute approximate surface area is 162 Å². The van der Waals surface area contributed by atoms with Gasteiger partial charge in [-0.05, 0) is 38.1 Å². The number of guanidine groups is 1. The van der Waals surface area contributed by atoms with Gasteiger partial charge in [0.1, 0.15) is 5.82 Å². The summed E-state index contributed by atoms with van der Waals surface area (Å²) in [4.78, 5) is 8.72. The van der Waals surface area contributed by atoms with Crippen LogP contribution >= 0.6 is 0 Å². The maximum Gasteiger partial charge on any atom is 0.191 e. The van der Waals surface area contributed by atoms with Crippen LogP contribution in [0.4, 0.5) is 10.1 Å². The highest BCUT2D eigenvalue weighted by Crippen LogP contribution is 2.22. The summed E-state index contributed by atoms with van der Waals surface area (Å²) < 4.78 is 20.0. The number of halogens is 1. The lowest BCUT2D eigenvalue weighted by molar-refractivity contribution is 0.0268. The Morgan fingerprint density at radius 2 is 1.93 bits per heavy atom. The van der Waals surface area contributed by atoms with Crippen molar-refractivity contribution in [2.24, 2.45) is 4.99 Å². The number of hydrogen-bond donors (Lipinski definition) is 2. The molecule has 6 nitrogen and oxygen atoms in total. The van der Waals surface area contributed by atoms with Gasteiger partial charge in [-0.15, -0.1) is 0 Å². The molecule has 1 heterocycles. The van der Waals surface area contributed by atoms with Gasteiger partial charge in [0.2, 0.25) is 0 Å². The molecule has 0 aliphatic carbocycles. The summed E-state index contributed by atoms with van der Waals surface area (Å²) in [5.74, 6) is 0.503. The summed E-state index contributed by atoms with van der Waals surface area (Å²) >= 11 is 0. The topological polar surface area (TPSA) is 52.1 Å². The van der Waals surface area contributed by atoms with Gasteiger partial charge in [-0.3, -0.25) is 4.99 Å². The Hall–Kier alpha value is -1.86. The summed E-state index contributed by atoms with van der Waals surface area (Å²) in [6.07, 6.45) is 0. The molecular weight excluding hydrogens is 345 g/mol. The van der Waals surface area contributed by atoms with Crippen molar-refractivity contribution < 1.29 is 9.13 Å². The second-order valence-electron chi connectivity index (χ2n) is 7.45. The number of aliphatic imine (C=N–C) groups is 1. The van der Waals surface area contributed by atoms with Gasteiger partial charge in [-0.1, -0.05) is 13.0 Å². The number of methoxy groups -OCH3 is 1. The highest BCUT2D eigenvalue weighted by Gasteiger charge is 2.19. The lowest BCUT2D eigenvalue weighted by Gasteiger charge is -2.35. The zero-order valence-electron chi connectivity index (χ0n) is 17.3. The Balaban J connectivity index is 1.90. The lowest BCUT2D eigenvalue weighted by Crippen LogP contribution is -2.46. The lowest BCUT2D eigenvalue weighted by atomic mass is 10.1. The smallest absolute Gasteiger partial charge is 0.191 e. The Kier molecular flexibility index (Phi) is 7.86. The van der Waals surface area contributed by atoms with E-state index in [2.05, 4.69) is 32.3 Å². The highest BCUT2D eigenvalue weighted by molar-refractivity contribution is 5.79. The molecule has 1 fully saturated rings. The van der Waals surface area contributed by atoms with E-state index < -0.39 is 0 Å². The van der Waals surface area contributed by atoms with Gasteiger partial charge in [0.05, 0.1) is 11.3 Å². The summed E-state index contributed by atoms with van der Waals surface area (Å²) in [5, 5.41) is 6.44. The fourth-order valence-corrected chi connectivity index (χ4v) is 3.00. The van der Waals surface area contributed by atoms with E-state index in [0.717, 1.165) is 38.3 Å². The van der Waals surface area contributed by atoms with Gasteiger partial charge in [0.15, 0.2) is 5.96 Å². The van der Waals surface area contributed by atoms with Crippen LogP contribution < -0.4 is 15.5 Å². The molecule has 0 atom stereocenters. The van der Waals surface area contributed by atoms with Crippen LogP contribution in [0.2, 0.25) is 0 Å². The van der Waals surface area contributed by atoms with Crippen LogP contribution in [0, 0.1) is 5.82 Å². The fraction of sp³-hybridized carbons (Fsp3) is 0.650. The third-order valence-corrected chi connectivity index (χ3v) is 5.09. The van der Waals surface area contributed by atoms with E-state index in [9.17, 15) is 4.39 Å². The number of anilines is 1. The largest absolute Gasteiger partial charge is 0.377 e. The quantitative estimate of drug-likeness (QED) is 0.561. The van der Waals surface area contributed by atoms with Crippen molar-refractivity contribution in [3.8, 4) is 0 Å². The van der Waals surface area contributed by atoms with E-state index in [-0.39, 0.29) is 11.4 Å². The SMILES string of the molecule is CCN1CCN(c2ccc(CNC(=NC)NCC(C)(C)OC)cc2F)CC1. The number of benzene rings is 1. The molecule has 0 bridgehead atoms. The molecule has 152 valence electrons. The molecule has 2 N–H and O–H groups in total. The third-order valence-electron chi connectivity index (χ3n) is 5.09. The van der Waals surface area contributed by atoms with Gasteiger partial charge in [-0.2, -0.15) is 0 Å². The Morgan fingerprint density at radius 3 is 2.48 bits per heavy atom. The van der Waals surface area contributed by atoms with Gasteiger partial charge in [0.25, 0.3) is 0 Å². The van der Waals surface area contributed by atoms with E-state index in [4.69, 9.17) is 4.74 Å². The van der Waals surface area contributed by atoms with Crippen molar-refractivity contribution in [3.05, 3.63) is 29.6 Å². The Morgan fingerprint density at radius 1 is 1.22 bits per heavy atom. The summed E-state index contributed by atoms with van der Waals surface area (Å²) in [5.41, 5.74) is 1.30. The van der Waals surface area contributed by atoms with E-state index in [1.54, 1.807) is 20.2 Å². The first kappa shape index (κ1) is 21.4. The molecule has 7 heteroatoms. The fourth-order valence-electron chi connectivity index (χ4n) is 3.00. The van der Waals surface area contributed by atoms with E-state index in [1.807, 2.05) is 26.0 Å². The average molecular weight is 380 g/mol. The van der Waals surface area contributed by atoms with Gasteiger partial charge in [0, 0.05) is 53.4 Å². The number of hydrogen-bond acceptors (Lipinski definition) is 4. The van der Waals surface area contributed by atoms with Crippen LogP contribution in [0.3, 0.4) is 0 Å². The zero-order chi connectivity index (χ0) is 19.9. The minimum atomic E-state index is -0.285. The normalized spacial score (nSPS) is 16.5. The maximum atomic E-state index is 14.6. The zero-order valence-corrected chi connectivity index (χ0v) is 17.3. The monoisotopic (exact) mass is 379 g/mol. The number of ether oxygens (including phenoxy) is 1. The number of piperazine rings is 1. The van der Waals surface area contributed by atoms with Crippen LogP contribution in [0.1, 0.15) is 26.3 Å². The second-order valence-corrected chi connectivity index (χ2v) is 7.45. The first-order valence-corrected chi connectivity index (χ1v) is 9.64. The molecular formula is C20H34FN5O. The summed E-state index contributed by atoms with van der Waals surface area (Å²) in [6, 6.07) is 5.48. The summed E-state index contributed by atoms with van der Waals surface area (Å²) in [7, 11) is 3.40. The molecule has 1 saturated heterocycles. The van der Waals surface area contributed by atoms with Crippen molar-refractivity contribution in [1.29, 1.82) is 0 Å². The van der Waals surface area contributed by atoms with Crippen LogP contribution in [-0.2, 0) is 11.3 Å². The molecule has 1 aliphatic heterocycles. The third kappa shape index (κ3) is 6.36. The van der Waals surface area contributed by atoms with Crippen LogP contribution in [0.15, 0.2) is 23.2 Å².